The minimum atomic E-state index is -0.228. The van der Waals surface area contributed by atoms with Crippen LogP contribution in [0.2, 0.25) is 0 Å². The second kappa shape index (κ2) is 7.05. The molecule has 0 aromatic carbocycles. The molecule has 0 bridgehead atoms. The number of rotatable bonds is 6. The Morgan fingerprint density at radius 2 is 2.06 bits per heavy atom. The number of ketones is 1. The third-order valence-electron chi connectivity index (χ3n) is 2.80. The number of esters is 1. The lowest BCUT2D eigenvalue weighted by atomic mass is 10.0. The molecule has 1 aliphatic carbocycles. The number of carbonyl (C=O) groups is 2. The highest BCUT2D eigenvalue weighted by Gasteiger charge is 2.23. The van der Waals surface area contributed by atoms with Crippen molar-refractivity contribution in [2.45, 2.75) is 46.0 Å². The molecule has 0 saturated carbocycles. The molecule has 94 valence electrons. The van der Waals surface area contributed by atoms with E-state index in [1.165, 1.54) is 0 Å². The SMILES string of the molecule is CCC=CCC1=C(CC(=O)OCC)CCC1=O. The second-order valence-electron chi connectivity index (χ2n) is 4.07. The summed E-state index contributed by atoms with van der Waals surface area (Å²) in [7, 11) is 0. The van der Waals surface area contributed by atoms with Crippen LogP contribution in [-0.4, -0.2) is 18.4 Å². The normalized spacial score (nSPS) is 16.0. The summed E-state index contributed by atoms with van der Waals surface area (Å²) in [5, 5.41) is 0. The smallest absolute Gasteiger partial charge is 0.309 e. The highest BCUT2D eigenvalue weighted by Crippen LogP contribution is 2.28. The molecule has 3 nitrogen and oxygen atoms in total. The summed E-state index contributed by atoms with van der Waals surface area (Å²) < 4.78 is 4.91. The Hall–Kier alpha value is -1.38. The van der Waals surface area contributed by atoms with E-state index in [1.807, 2.05) is 12.2 Å². The topological polar surface area (TPSA) is 43.4 Å². The van der Waals surface area contributed by atoms with E-state index < -0.39 is 0 Å². The van der Waals surface area contributed by atoms with Gasteiger partial charge in [0.25, 0.3) is 0 Å². The largest absolute Gasteiger partial charge is 0.466 e. The van der Waals surface area contributed by atoms with Gasteiger partial charge in [-0.1, -0.05) is 24.6 Å². The molecule has 3 heteroatoms. The lowest BCUT2D eigenvalue weighted by Crippen LogP contribution is -2.05. The van der Waals surface area contributed by atoms with Crippen LogP contribution < -0.4 is 0 Å². The first kappa shape index (κ1) is 13.7. The zero-order valence-electron chi connectivity index (χ0n) is 10.6. The zero-order valence-corrected chi connectivity index (χ0v) is 10.6. The van der Waals surface area contributed by atoms with Crippen LogP contribution in [0.3, 0.4) is 0 Å². The van der Waals surface area contributed by atoms with Gasteiger partial charge in [-0.2, -0.15) is 0 Å². The van der Waals surface area contributed by atoms with E-state index in [0.717, 1.165) is 17.6 Å². The molecule has 17 heavy (non-hydrogen) atoms. The fourth-order valence-electron chi connectivity index (χ4n) is 1.97. The summed E-state index contributed by atoms with van der Waals surface area (Å²) >= 11 is 0. The lowest BCUT2D eigenvalue weighted by molar-refractivity contribution is -0.142. The third-order valence-corrected chi connectivity index (χ3v) is 2.80. The van der Waals surface area contributed by atoms with Gasteiger partial charge in [-0.3, -0.25) is 9.59 Å². The number of hydrogen-bond acceptors (Lipinski definition) is 3. The van der Waals surface area contributed by atoms with Crippen molar-refractivity contribution >= 4 is 11.8 Å². The second-order valence-corrected chi connectivity index (χ2v) is 4.07. The molecule has 0 radical (unpaired) electrons. The van der Waals surface area contributed by atoms with Crippen molar-refractivity contribution in [3.8, 4) is 0 Å². The van der Waals surface area contributed by atoms with Crippen molar-refractivity contribution < 1.29 is 14.3 Å². The molecule has 1 aliphatic rings. The monoisotopic (exact) mass is 236 g/mol. The maximum atomic E-state index is 11.7. The summed E-state index contributed by atoms with van der Waals surface area (Å²) in [5.41, 5.74) is 1.79. The maximum Gasteiger partial charge on any atom is 0.309 e. The van der Waals surface area contributed by atoms with Crippen molar-refractivity contribution in [2.75, 3.05) is 6.61 Å². The third kappa shape index (κ3) is 4.17. The Balaban J connectivity index is 2.66. The number of carbonyl (C=O) groups excluding carboxylic acids is 2. The first-order valence-electron chi connectivity index (χ1n) is 6.23. The Morgan fingerprint density at radius 1 is 1.29 bits per heavy atom. The maximum absolute atomic E-state index is 11.7. The van der Waals surface area contributed by atoms with Gasteiger partial charge >= 0.3 is 5.97 Å². The molecule has 0 atom stereocenters. The Bertz CT molecular complexity index is 350. The lowest BCUT2D eigenvalue weighted by Gasteiger charge is -2.04. The molecule has 0 heterocycles. The molecule has 0 unspecified atom stereocenters. The van der Waals surface area contributed by atoms with Gasteiger partial charge in [-0.25, -0.2) is 0 Å². The van der Waals surface area contributed by atoms with Gasteiger partial charge in [0.15, 0.2) is 5.78 Å². The van der Waals surface area contributed by atoms with Gasteiger partial charge in [-0.05, 0) is 31.8 Å². The quantitative estimate of drug-likeness (QED) is 0.526. The van der Waals surface area contributed by atoms with Crippen LogP contribution in [0.15, 0.2) is 23.3 Å². The van der Waals surface area contributed by atoms with Crippen LogP contribution in [0.25, 0.3) is 0 Å². The van der Waals surface area contributed by atoms with Gasteiger partial charge in [0.1, 0.15) is 0 Å². The summed E-state index contributed by atoms with van der Waals surface area (Å²) in [6, 6.07) is 0. The van der Waals surface area contributed by atoms with Crippen molar-refractivity contribution in [3.05, 3.63) is 23.3 Å². The van der Waals surface area contributed by atoms with E-state index in [9.17, 15) is 9.59 Å². The van der Waals surface area contributed by atoms with Crippen molar-refractivity contribution in [1.29, 1.82) is 0 Å². The average Bonchev–Trinajstić information content (AvgIpc) is 2.62. The summed E-state index contributed by atoms with van der Waals surface area (Å²) in [6.45, 7) is 4.24. The predicted molar refractivity (Wildman–Crippen MR) is 66.6 cm³/mol. The van der Waals surface area contributed by atoms with Crippen LogP contribution in [0.5, 0.6) is 0 Å². The first-order valence-corrected chi connectivity index (χ1v) is 6.23. The first-order chi connectivity index (χ1) is 8.19. The molecule has 0 amide bonds. The fourth-order valence-corrected chi connectivity index (χ4v) is 1.97. The van der Waals surface area contributed by atoms with Gasteiger partial charge in [-0.15, -0.1) is 0 Å². The van der Waals surface area contributed by atoms with Crippen molar-refractivity contribution in [1.82, 2.24) is 0 Å². The van der Waals surface area contributed by atoms with Gasteiger partial charge in [0, 0.05) is 6.42 Å². The molecule has 0 aromatic rings. The van der Waals surface area contributed by atoms with Crippen LogP contribution >= 0.6 is 0 Å². The number of Topliss-reactive ketones (excluding diaryl/α,β-unsaturated/α-hetero) is 1. The predicted octanol–water partition coefficient (Wildman–Crippen LogP) is 2.96. The van der Waals surface area contributed by atoms with E-state index >= 15 is 0 Å². The molecular formula is C14H20O3. The molecule has 0 N–H and O–H groups in total. The van der Waals surface area contributed by atoms with Gasteiger partial charge in [0.05, 0.1) is 13.0 Å². The Kier molecular flexibility index (Phi) is 5.67. The molecule has 0 fully saturated rings. The molecule has 0 aliphatic heterocycles. The Morgan fingerprint density at radius 3 is 2.71 bits per heavy atom. The standard InChI is InChI=1S/C14H20O3/c1-3-5-6-7-12-11(8-9-13(12)15)10-14(16)17-4-2/h5-6H,3-4,7-10H2,1-2H3. The van der Waals surface area contributed by atoms with Crippen LogP contribution in [0, 0.1) is 0 Å². The number of hydrogen-bond donors (Lipinski definition) is 0. The van der Waals surface area contributed by atoms with E-state index in [2.05, 4.69) is 6.92 Å². The Labute approximate surface area is 103 Å². The number of ether oxygens (including phenoxy) is 1. The van der Waals surface area contributed by atoms with Crippen molar-refractivity contribution in [3.63, 3.8) is 0 Å². The number of allylic oxidation sites excluding steroid dienone is 3. The molecule has 0 spiro atoms. The molecule has 0 aromatic heterocycles. The zero-order chi connectivity index (χ0) is 12.7. The summed E-state index contributed by atoms with van der Waals surface area (Å²) in [6.07, 6.45) is 7.20. The van der Waals surface area contributed by atoms with Crippen molar-refractivity contribution in [2.24, 2.45) is 0 Å². The highest BCUT2D eigenvalue weighted by molar-refractivity contribution is 5.99. The van der Waals surface area contributed by atoms with Gasteiger partial charge in [0.2, 0.25) is 0 Å². The highest BCUT2D eigenvalue weighted by atomic mass is 16.5. The van der Waals surface area contributed by atoms with Crippen LogP contribution in [-0.2, 0) is 14.3 Å². The van der Waals surface area contributed by atoms with Crippen LogP contribution in [0.4, 0.5) is 0 Å². The molecular weight excluding hydrogens is 216 g/mol. The van der Waals surface area contributed by atoms with Gasteiger partial charge < -0.3 is 4.74 Å². The fraction of sp³-hybridized carbons (Fsp3) is 0.571. The van der Waals surface area contributed by atoms with E-state index in [1.54, 1.807) is 6.92 Å². The van der Waals surface area contributed by atoms with E-state index in [4.69, 9.17) is 4.74 Å². The minimum absolute atomic E-state index is 0.185. The summed E-state index contributed by atoms with van der Waals surface area (Å²) in [4.78, 5) is 23.1. The minimum Gasteiger partial charge on any atom is -0.466 e. The van der Waals surface area contributed by atoms with Crippen LogP contribution in [0.1, 0.15) is 46.0 Å². The summed E-state index contributed by atoms with van der Waals surface area (Å²) in [5.74, 6) is -0.0424. The van der Waals surface area contributed by atoms with E-state index in [-0.39, 0.29) is 18.2 Å². The average molecular weight is 236 g/mol. The molecule has 1 rings (SSSR count). The van der Waals surface area contributed by atoms with E-state index in [0.29, 0.717) is 25.9 Å². The molecule has 0 saturated heterocycles.